The summed E-state index contributed by atoms with van der Waals surface area (Å²) in [7, 11) is 0. The Morgan fingerprint density at radius 3 is 2.68 bits per heavy atom. The van der Waals surface area contributed by atoms with E-state index < -0.39 is 0 Å². The Balaban J connectivity index is 1.94. The van der Waals surface area contributed by atoms with Crippen LogP contribution in [0.5, 0.6) is 0 Å². The molecule has 0 aliphatic carbocycles. The summed E-state index contributed by atoms with van der Waals surface area (Å²) in [6, 6.07) is 9.11. The molecule has 1 saturated heterocycles. The lowest BCUT2D eigenvalue weighted by atomic mass is 9.71. The van der Waals surface area contributed by atoms with Gasteiger partial charge in [0.25, 0.3) is 0 Å². The lowest BCUT2D eigenvalue weighted by molar-refractivity contribution is 0.265. The molecule has 0 atom stereocenters. The molecule has 0 amide bonds. The minimum Gasteiger partial charge on any atom is -0.315 e. The smallest absolute Gasteiger partial charge is 0.127 e. The van der Waals surface area contributed by atoms with Crippen molar-refractivity contribution in [1.82, 2.24) is 10.3 Å². The van der Waals surface area contributed by atoms with Gasteiger partial charge in [-0.2, -0.15) is 0 Å². The van der Waals surface area contributed by atoms with Crippen molar-refractivity contribution in [3.05, 3.63) is 64.1 Å². The van der Waals surface area contributed by atoms with E-state index in [9.17, 15) is 4.39 Å². The van der Waals surface area contributed by atoms with Gasteiger partial charge >= 0.3 is 0 Å². The average Bonchev–Trinajstić information content (AvgIpc) is 2.35. The van der Waals surface area contributed by atoms with Gasteiger partial charge in [0, 0.05) is 35.4 Å². The molecule has 3 rings (SSSR count). The minimum absolute atomic E-state index is 0.119. The highest BCUT2D eigenvalue weighted by molar-refractivity contribution is 9.10. The summed E-state index contributed by atoms with van der Waals surface area (Å²) in [4.78, 5) is 4.18. The van der Waals surface area contributed by atoms with Gasteiger partial charge in [-0.15, -0.1) is 0 Å². The van der Waals surface area contributed by atoms with Gasteiger partial charge in [-0.3, -0.25) is 4.98 Å². The third kappa shape index (κ3) is 2.42. The largest absolute Gasteiger partial charge is 0.315 e. The van der Waals surface area contributed by atoms with Crippen molar-refractivity contribution in [3.63, 3.8) is 0 Å². The summed E-state index contributed by atoms with van der Waals surface area (Å²) in [6.07, 6.45) is 4.41. The third-order valence-corrected chi connectivity index (χ3v) is 4.11. The predicted octanol–water partition coefficient (Wildman–Crippen LogP) is 3.07. The van der Waals surface area contributed by atoms with Crippen LogP contribution in [0.3, 0.4) is 0 Å². The lowest BCUT2D eigenvalue weighted by Crippen LogP contribution is -2.58. The number of rotatable bonds is 3. The van der Waals surface area contributed by atoms with Crippen LogP contribution in [0.4, 0.5) is 4.39 Å². The Kier molecular flexibility index (Phi) is 3.37. The molecule has 4 heteroatoms. The molecule has 1 aromatic carbocycles. The molecule has 0 saturated carbocycles. The van der Waals surface area contributed by atoms with Gasteiger partial charge in [-0.05, 0) is 45.6 Å². The molecule has 0 bridgehead atoms. The number of nitrogens with one attached hydrogen (secondary N) is 1. The van der Waals surface area contributed by atoms with Crippen LogP contribution >= 0.6 is 15.9 Å². The molecule has 2 nitrogen and oxygen atoms in total. The summed E-state index contributed by atoms with van der Waals surface area (Å²) < 4.78 is 15.0. The first-order valence-electron chi connectivity index (χ1n) is 6.25. The van der Waals surface area contributed by atoms with E-state index in [2.05, 4.69) is 26.2 Å². The molecular weight excluding hydrogens is 307 g/mol. The molecule has 1 aliphatic rings. The van der Waals surface area contributed by atoms with E-state index in [-0.39, 0.29) is 11.2 Å². The first kappa shape index (κ1) is 12.8. The molecule has 1 N–H and O–H groups in total. The van der Waals surface area contributed by atoms with E-state index in [1.165, 1.54) is 6.07 Å². The van der Waals surface area contributed by atoms with Gasteiger partial charge in [0.1, 0.15) is 5.82 Å². The maximum absolute atomic E-state index is 14.0. The van der Waals surface area contributed by atoms with Gasteiger partial charge in [0.15, 0.2) is 0 Å². The van der Waals surface area contributed by atoms with E-state index >= 15 is 0 Å². The Bertz CT molecular complexity index is 596. The normalized spacial score (nSPS) is 16.9. The molecule has 0 radical (unpaired) electrons. The van der Waals surface area contributed by atoms with Crippen molar-refractivity contribution in [3.8, 4) is 0 Å². The molecule has 0 unspecified atom stereocenters. The zero-order chi connectivity index (χ0) is 13.3. The quantitative estimate of drug-likeness (QED) is 0.940. The van der Waals surface area contributed by atoms with Crippen LogP contribution in [0.2, 0.25) is 0 Å². The van der Waals surface area contributed by atoms with Gasteiger partial charge in [-0.25, -0.2) is 4.39 Å². The number of nitrogens with zero attached hydrogens (tertiary/aromatic N) is 1. The Morgan fingerprint density at radius 2 is 2.05 bits per heavy atom. The maximum Gasteiger partial charge on any atom is 0.127 e. The van der Waals surface area contributed by atoms with Crippen molar-refractivity contribution in [2.45, 2.75) is 11.8 Å². The Morgan fingerprint density at radius 1 is 1.26 bits per heavy atom. The van der Waals surface area contributed by atoms with Gasteiger partial charge in [0.2, 0.25) is 0 Å². The second-order valence-corrected chi connectivity index (χ2v) is 5.97. The fourth-order valence-electron chi connectivity index (χ4n) is 2.67. The predicted molar refractivity (Wildman–Crippen MR) is 76.6 cm³/mol. The first-order valence-corrected chi connectivity index (χ1v) is 7.04. The highest BCUT2D eigenvalue weighted by atomic mass is 79.9. The number of pyridine rings is 1. The topological polar surface area (TPSA) is 24.9 Å². The summed E-state index contributed by atoms with van der Waals surface area (Å²) in [5, 5.41) is 3.26. The van der Waals surface area contributed by atoms with Crippen LogP contribution in [0.25, 0.3) is 0 Å². The SMILES string of the molecule is Fc1ccccc1C1(Cc2cncc(Br)c2)CNC1. The molecular formula is C15H14BrFN2. The van der Waals surface area contributed by atoms with Gasteiger partial charge in [-0.1, -0.05) is 18.2 Å². The van der Waals surface area contributed by atoms with Gasteiger partial charge in [0.05, 0.1) is 0 Å². The van der Waals surface area contributed by atoms with Crippen LogP contribution in [-0.4, -0.2) is 18.1 Å². The number of aromatic nitrogens is 1. The Hall–Kier alpha value is -1.26. The monoisotopic (exact) mass is 320 g/mol. The van der Waals surface area contributed by atoms with Crippen molar-refractivity contribution < 1.29 is 4.39 Å². The number of halogens is 2. The molecule has 98 valence electrons. The summed E-state index contributed by atoms with van der Waals surface area (Å²) in [6.45, 7) is 1.61. The Labute approximate surface area is 120 Å². The standard InChI is InChI=1S/C15H14BrFN2/c16-12-5-11(7-18-8-12)6-15(9-19-10-15)13-3-1-2-4-14(13)17/h1-5,7-8,19H,6,9-10H2. The fraction of sp³-hybridized carbons (Fsp3) is 0.267. The number of hydrogen-bond acceptors (Lipinski definition) is 2. The zero-order valence-electron chi connectivity index (χ0n) is 10.4. The van der Waals surface area contributed by atoms with Crippen LogP contribution in [-0.2, 0) is 11.8 Å². The molecule has 1 aliphatic heterocycles. The second-order valence-electron chi connectivity index (χ2n) is 5.05. The van der Waals surface area contributed by atoms with Crippen molar-refractivity contribution >= 4 is 15.9 Å². The lowest BCUT2D eigenvalue weighted by Gasteiger charge is -2.43. The third-order valence-electron chi connectivity index (χ3n) is 3.68. The molecule has 19 heavy (non-hydrogen) atoms. The van der Waals surface area contributed by atoms with Crippen LogP contribution < -0.4 is 5.32 Å². The van der Waals surface area contributed by atoms with E-state index in [1.54, 1.807) is 12.3 Å². The van der Waals surface area contributed by atoms with E-state index in [0.29, 0.717) is 0 Å². The van der Waals surface area contributed by atoms with Crippen molar-refractivity contribution in [2.75, 3.05) is 13.1 Å². The summed E-state index contributed by atoms with van der Waals surface area (Å²) in [5.41, 5.74) is 1.78. The highest BCUT2D eigenvalue weighted by Gasteiger charge is 2.40. The molecule has 0 spiro atoms. The van der Waals surface area contributed by atoms with Crippen molar-refractivity contribution in [2.24, 2.45) is 0 Å². The van der Waals surface area contributed by atoms with Crippen LogP contribution in [0, 0.1) is 5.82 Å². The van der Waals surface area contributed by atoms with E-state index in [4.69, 9.17) is 0 Å². The minimum atomic E-state index is -0.145. The average molecular weight is 321 g/mol. The maximum atomic E-state index is 14.0. The van der Waals surface area contributed by atoms with E-state index in [1.807, 2.05) is 24.4 Å². The highest BCUT2D eigenvalue weighted by Crippen LogP contribution is 2.34. The fourth-order valence-corrected chi connectivity index (χ4v) is 3.08. The molecule has 1 aromatic heterocycles. The molecule has 2 aromatic rings. The second kappa shape index (κ2) is 5.02. The first-order chi connectivity index (χ1) is 9.20. The number of hydrogen-bond donors (Lipinski definition) is 1. The van der Waals surface area contributed by atoms with Crippen LogP contribution in [0.1, 0.15) is 11.1 Å². The summed E-state index contributed by atoms with van der Waals surface area (Å²) in [5.74, 6) is -0.119. The van der Waals surface area contributed by atoms with E-state index in [0.717, 1.165) is 35.1 Å². The molecule has 1 fully saturated rings. The van der Waals surface area contributed by atoms with Crippen molar-refractivity contribution in [1.29, 1.82) is 0 Å². The summed E-state index contributed by atoms with van der Waals surface area (Å²) >= 11 is 3.43. The number of benzene rings is 1. The van der Waals surface area contributed by atoms with Gasteiger partial charge < -0.3 is 5.32 Å². The molecule has 2 heterocycles. The zero-order valence-corrected chi connectivity index (χ0v) is 12.0. The van der Waals surface area contributed by atoms with Crippen LogP contribution in [0.15, 0.2) is 47.2 Å².